The van der Waals surface area contributed by atoms with E-state index in [1.54, 1.807) is 0 Å². The Morgan fingerprint density at radius 1 is 1.25 bits per heavy atom. The van der Waals surface area contributed by atoms with Crippen LogP contribution in [0.5, 0.6) is 0 Å². The van der Waals surface area contributed by atoms with Gasteiger partial charge in [-0.25, -0.2) is 0 Å². The topological polar surface area (TPSA) is 12.0 Å². The lowest BCUT2D eigenvalue weighted by Crippen LogP contribution is -2.07. The predicted octanol–water partition coefficient (Wildman–Crippen LogP) is 2.26. The van der Waals surface area contributed by atoms with Crippen molar-refractivity contribution in [1.29, 1.82) is 0 Å². The van der Waals surface area contributed by atoms with Gasteiger partial charge in [0.2, 0.25) is 0 Å². The number of nitrogens with one attached hydrogen (secondary N) is 1. The van der Waals surface area contributed by atoms with Crippen LogP contribution in [0.4, 0.5) is 0 Å². The first-order valence-electron chi connectivity index (χ1n) is 4.63. The van der Waals surface area contributed by atoms with Crippen LogP contribution in [0, 0.1) is 5.92 Å². The van der Waals surface area contributed by atoms with Gasteiger partial charge in [0.15, 0.2) is 0 Å². The Hall–Kier alpha value is -0.820. The van der Waals surface area contributed by atoms with Gasteiger partial charge >= 0.3 is 0 Å². The number of hydrogen-bond donors (Lipinski definition) is 1. The van der Waals surface area contributed by atoms with Crippen molar-refractivity contribution >= 4 is 0 Å². The van der Waals surface area contributed by atoms with E-state index in [9.17, 15) is 0 Å². The molecule has 0 aliphatic carbocycles. The lowest BCUT2D eigenvalue weighted by molar-refractivity contribution is 0.572. The number of rotatable bonds is 1. The van der Waals surface area contributed by atoms with E-state index in [1.807, 2.05) is 0 Å². The summed E-state index contributed by atoms with van der Waals surface area (Å²) in [5.41, 5.74) is 1.48. The van der Waals surface area contributed by atoms with Crippen LogP contribution in [-0.4, -0.2) is 13.1 Å². The van der Waals surface area contributed by atoms with Crippen molar-refractivity contribution in [1.82, 2.24) is 5.32 Å². The normalized spacial score (nSPS) is 29.1. The van der Waals surface area contributed by atoms with Crippen LogP contribution in [0.1, 0.15) is 19.8 Å². The van der Waals surface area contributed by atoms with Gasteiger partial charge in [0, 0.05) is 13.9 Å². The van der Waals surface area contributed by atoms with Crippen LogP contribution in [0.15, 0.2) is 30.3 Å². The molecule has 0 radical (unpaired) electrons. The first-order valence-corrected chi connectivity index (χ1v) is 4.63. The van der Waals surface area contributed by atoms with Crippen molar-refractivity contribution in [2.45, 2.75) is 12.8 Å². The summed E-state index contributed by atoms with van der Waals surface area (Å²) in [6, 6.07) is 10.8. The minimum Gasteiger partial charge on any atom is -0.316 e. The largest absolute Gasteiger partial charge is 0.316 e. The molecule has 0 spiro atoms. The van der Waals surface area contributed by atoms with Crippen LogP contribution in [0.3, 0.4) is 0 Å². The van der Waals surface area contributed by atoms with Crippen LogP contribution in [0.2, 0.25) is 0 Å². The molecule has 1 aliphatic rings. The Balaban J connectivity index is 0.000000845. The van der Waals surface area contributed by atoms with Crippen molar-refractivity contribution < 1.29 is 1.43 Å². The SMILES string of the molecule is CC1CNC[C@@H]1c1ccccc1.[HH]. The molecular weight excluding hydrogens is 146 g/mol. The fourth-order valence-corrected chi connectivity index (χ4v) is 1.96. The van der Waals surface area contributed by atoms with Crippen molar-refractivity contribution in [3.63, 3.8) is 0 Å². The maximum Gasteiger partial charge on any atom is 0.00233 e. The molecule has 2 rings (SSSR count). The molecule has 1 fully saturated rings. The van der Waals surface area contributed by atoms with Crippen molar-refractivity contribution in [2.75, 3.05) is 13.1 Å². The fraction of sp³-hybridized carbons (Fsp3) is 0.455. The first-order chi connectivity index (χ1) is 5.88. The van der Waals surface area contributed by atoms with Crippen molar-refractivity contribution in [3.8, 4) is 0 Å². The molecule has 66 valence electrons. The smallest absolute Gasteiger partial charge is 0.00233 e. The molecule has 0 aromatic heterocycles. The molecule has 1 nitrogen and oxygen atoms in total. The maximum absolute atomic E-state index is 3.42. The Morgan fingerprint density at radius 3 is 2.58 bits per heavy atom. The van der Waals surface area contributed by atoms with Gasteiger partial charge in [-0.05, 0) is 18.0 Å². The average molecular weight is 163 g/mol. The third kappa shape index (κ3) is 1.37. The van der Waals surface area contributed by atoms with Crippen LogP contribution >= 0.6 is 0 Å². The molecular formula is C11H17N. The van der Waals surface area contributed by atoms with Gasteiger partial charge < -0.3 is 5.32 Å². The van der Waals surface area contributed by atoms with E-state index in [1.165, 1.54) is 12.1 Å². The number of hydrogen-bond acceptors (Lipinski definition) is 1. The molecule has 1 aromatic carbocycles. The summed E-state index contributed by atoms with van der Waals surface area (Å²) in [5, 5.41) is 3.42. The van der Waals surface area contributed by atoms with Crippen molar-refractivity contribution in [2.24, 2.45) is 5.92 Å². The third-order valence-corrected chi connectivity index (χ3v) is 2.75. The van der Waals surface area contributed by atoms with Crippen LogP contribution < -0.4 is 5.32 Å². The zero-order valence-electron chi connectivity index (χ0n) is 7.46. The molecule has 1 saturated heterocycles. The quantitative estimate of drug-likeness (QED) is 0.669. The molecule has 0 bridgehead atoms. The molecule has 1 unspecified atom stereocenters. The molecule has 12 heavy (non-hydrogen) atoms. The standard InChI is InChI=1S/C11H15N.H2/c1-9-7-12-8-11(9)10-5-3-2-4-6-10;/h2-6,9,11-12H,7-8H2,1H3;1H/t9?,11-;/m0./s1. The average Bonchev–Trinajstić information content (AvgIpc) is 2.53. The Morgan fingerprint density at radius 2 is 2.00 bits per heavy atom. The van der Waals surface area contributed by atoms with Gasteiger partial charge in [-0.1, -0.05) is 37.3 Å². The summed E-state index contributed by atoms with van der Waals surface area (Å²) in [7, 11) is 0. The summed E-state index contributed by atoms with van der Waals surface area (Å²) in [6.07, 6.45) is 0. The van der Waals surface area contributed by atoms with Gasteiger partial charge in [0.1, 0.15) is 0 Å². The summed E-state index contributed by atoms with van der Waals surface area (Å²) < 4.78 is 0. The van der Waals surface area contributed by atoms with Crippen LogP contribution in [0.25, 0.3) is 0 Å². The van der Waals surface area contributed by atoms with Gasteiger partial charge in [-0.3, -0.25) is 0 Å². The Labute approximate surface area is 75.3 Å². The number of benzene rings is 1. The van der Waals surface area contributed by atoms with E-state index < -0.39 is 0 Å². The lowest BCUT2D eigenvalue weighted by Gasteiger charge is -2.13. The second-order valence-corrected chi connectivity index (χ2v) is 3.65. The Kier molecular flexibility index (Phi) is 2.13. The third-order valence-electron chi connectivity index (χ3n) is 2.75. The first kappa shape index (κ1) is 7.81. The van der Waals surface area contributed by atoms with Crippen molar-refractivity contribution in [3.05, 3.63) is 35.9 Å². The van der Waals surface area contributed by atoms with Gasteiger partial charge in [0.05, 0.1) is 0 Å². The zero-order valence-corrected chi connectivity index (χ0v) is 7.46. The van der Waals surface area contributed by atoms with Gasteiger partial charge in [-0.2, -0.15) is 0 Å². The summed E-state index contributed by atoms with van der Waals surface area (Å²) in [5.74, 6) is 1.51. The second-order valence-electron chi connectivity index (χ2n) is 3.65. The fourth-order valence-electron chi connectivity index (χ4n) is 1.96. The maximum atomic E-state index is 3.42. The predicted molar refractivity (Wildman–Crippen MR) is 53.3 cm³/mol. The highest BCUT2D eigenvalue weighted by atomic mass is 14.9. The second kappa shape index (κ2) is 3.28. The highest BCUT2D eigenvalue weighted by Gasteiger charge is 2.23. The highest BCUT2D eigenvalue weighted by Crippen LogP contribution is 2.26. The molecule has 1 aliphatic heterocycles. The van der Waals surface area contributed by atoms with E-state index in [0.29, 0.717) is 0 Å². The molecule has 1 aromatic rings. The lowest BCUT2D eigenvalue weighted by atomic mass is 9.90. The molecule has 0 saturated carbocycles. The summed E-state index contributed by atoms with van der Waals surface area (Å²) in [6.45, 7) is 4.63. The minimum atomic E-state index is 0. The highest BCUT2D eigenvalue weighted by molar-refractivity contribution is 5.21. The van der Waals surface area contributed by atoms with E-state index in [4.69, 9.17) is 0 Å². The van der Waals surface area contributed by atoms with E-state index >= 15 is 0 Å². The van der Waals surface area contributed by atoms with E-state index in [0.717, 1.165) is 18.4 Å². The summed E-state index contributed by atoms with van der Waals surface area (Å²) in [4.78, 5) is 0. The Bertz CT molecular complexity index is 248. The zero-order chi connectivity index (χ0) is 8.39. The molecule has 1 heterocycles. The molecule has 0 amide bonds. The molecule has 1 N–H and O–H groups in total. The van der Waals surface area contributed by atoms with Crippen LogP contribution in [-0.2, 0) is 0 Å². The molecule has 2 atom stereocenters. The van der Waals surface area contributed by atoms with E-state index in [-0.39, 0.29) is 1.43 Å². The van der Waals surface area contributed by atoms with Gasteiger partial charge in [0.25, 0.3) is 0 Å². The van der Waals surface area contributed by atoms with Gasteiger partial charge in [-0.15, -0.1) is 0 Å². The van der Waals surface area contributed by atoms with E-state index in [2.05, 4.69) is 42.6 Å². The molecule has 1 heteroatoms. The minimum absolute atomic E-state index is 0. The monoisotopic (exact) mass is 163 g/mol. The summed E-state index contributed by atoms with van der Waals surface area (Å²) >= 11 is 0.